The van der Waals surface area contributed by atoms with Crippen LogP contribution in [0.15, 0.2) is 54.7 Å². The van der Waals surface area contributed by atoms with Crippen molar-refractivity contribution in [2.45, 2.75) is 13.5 Å². The summed E-state index contributed by atoms with van der Waals surface area (Å²) in [7, 11) is 3.37. The first-order valence-corrected chi connectivity index (χ1v) is 10.9. The summed E-state index contributed by atoms with van der Waals surface area (Å²) in [6, 6.07) is 16.1. The van der Waals surface area contributed by atoms with E-state index in [4.69, 9.17) is 4.98 Å². The Morgan fingerprint density at radius 1 is 1.09 bits per heavy atom. The minimum atomic E-state index is -0.297. The summed E-state index contributed by atoms with van der Waals surface area (Å²) in [6.07, 6.45) is 1.76. The third-order valence-electron chi connectivity index (χ3n) is 4.89. The molecule has 0 amide bonds. The molecule has 164 valence electrons. The van der Waals surface area contributed by atoms with E-state index in [0.717, 1.165) is 32.5 Å². The number of anilines is 4. The second kappa shape index (κ2) is 9.71. The van der Waals surface area contributed by atoms with Gasteiger partial charge < -0.3 is 20.3 Å². The molecule has 0 aliphatic carbocycles. The average molecular weight is 449 g/mol. The van der Waals surface area contributed by atoms with Crippen LogP contribution in [-0.4, -0.2) is 41.6 Å². The molecule has 0 unspecified atom stereocenters. The van der Waals surface area contributed by atoms with Crippen LogP contribution in [-0.2, 0) is 16.1 Å². The number of carbonyl (C=O) groups is 1. The Hall–Kier alpha value is -3.56. The second-order valence-electron chi connectivity index (χ2n) is 7.26. The van der Waals surface area contributed by atoms with E-state index in [1.807, 2.05) is 31.3 Å². The van der Waals surface area contributed by atoms with Gasteiger partial charge in [-0.25, -0.2) is 15.0 Å². The summed E-state index contributed by atoms with van der Waals surface area (Å²) in [6.45, 7) is 2.77. The van der Waals surface area contributed by atoms with Gasteiger partial charge in [0, 0.05) is 25.5 Å². The molecule has 0 bridgehead atoms. The third kappa shape index (κ3) is 5.19. The number of aromatic nitrogens is 3. The monoisotopic (exact) mass is 448 g/mol. The van der Waals surface area contributed by atoms with Crippen LogP contribution < -0.4 is 15.5 Å². The summed E-state index contributed by atoms with van der Waals surface area (Å²) < 4.78 is 4.61. The van der Waals surface area contributed by atoms with Crippen LogP contribution in [0.2, 0.25) is 0 Å². The van der Waals surface area contributed by atoms with Crippen LogP contribution in [0.1, 0.15) is 11.1 Å². The van der Waals surface area contributed by atoms with Gasteiger partial charge in [-0.15, -0.1) is 0 Å². The Balaban J connectivity index is 1.42. The van der Waals surface area contributed by atoms with Crippen LogP contribution >= 0.6 is 11.3 Å². The number of fused-ring (bicyclic) bond motifs is 1. The number of aryl methyl sites for hydroxylation is 1. The predicted octanol–water partition coefficient (Wildman–Crippen LogP) is 4.17. The van der Waals surface area contributed by atoms with E-state index < -0.39 is 0 Å². The molecule has 0 fully saturated rings. The number of benzene rings is 1. The summed E-state index contributed by atoms with van der Waals surface area (Å²) in [5.41, 5.74) is 4.11. The first-order chi connectivity index (χ1) is 15.5. The van der Waals surface area contributed by atoms with Gasteiger partial charge in [0.05, 0.1) is 13.7 Å². The van der Waals surface area contributed by atoms with Crippen LogP contribution in [0.25, 0.3) is 10.3 Å². The molecule has 0 aliphatic rings. The Morgan fingerprint density at radius 3 is 2.62 bits per heavy atom. The van der Waals surface area contributed by atoms with Gasteiger partial charge >= 0.3 is 5.97 Å². The maximum Gasteiger partial charge on any atom is 0.319 e. The molecular formula is C23H24N6O2S. The SMILES string of the molecule is COC(=O)CNCc1ccc(Nc2nc3ccc(N(C)c4ccc(C)cc4)nc3s2)nc1. The number of hydrogen-bond acceptors (Lipinski definition) is 9. The van der Waals surface area contributed by atoms with Gasteiger partial charge in [-0.1, -0.05) is 35.1 Å². The summed E-state index contributed by atoms with van der Waals surface area (Å²) in [5, 5.41) is 6.98. The zero-order valence-corrected chi connectivity index (χ0v) is 18.9. The fourth-order valence-corrected chi connectivity index (χ4v) is 3.88. The lowest BCUT2D eigenvalue weighted by Gasteiger charge is -2.18. The molecule has 1 aromatic carbocycles. The van der Waals surface area contributed by atoms with Crippen LogP contribution in [0, 0.1) is 6.92 Å². The Bertz CT molecular complexity index is 1210. The third-order valence-corrected chi connectivity index (χ3v) is 5.77. The number of thiazole rings is 1. The highest BCUT2D eigenvalue weighted by molar-refractivity contribution is 7.21. The molecule has 0 saturated heterocycles. The van der Waals surface area contributed by atoms with E-state index in [0.29, 0.717) is 12.4 Å². The van der Waals surface area contributed by atoms with Gasteiger partial charge in [-0.2, -0.15) is 0 Å². The number of methoxy groups -OCH3 is 1. The quantitative estimate of drug-likeness (QED) is 0.388. The number of hydrogen-bond donors (Lipinski definition) is 2. The molecule has 3 aromatic heterocycles. The van der Waals surface area contributed by atoms with Gasteiger partial charge in [0.2, 0.25) is 0 Å². The lowest BCUT2D eigenvalue weighted by Crippen LogP contribution is -2.23. The number of nitrogens with one attached hydrogen (secondary N) is 2. The van der Waals surface area contributed by atoms with E-state index >= 15 is 0 Å². The zero-order chi connectivity index (χ0) is 22.5. The lowest BCUT2D eigenvalue weighted by atomic mass is 10.2. The predicted molar refractivity (Wildman–Crippen MR) is 128 cm³/mol. The molecule has 32 heavy (non-hydrogen) atoms. The number of esters is 1. The van der Waals surface area contributed by atoms with Gasteiger partial charge in [0.25, 0.3) is 0 Å². The number of nitrogens with zero attached hydrogens (tertiary/aromatic N) is 4. The van der Waals surface area contributed by atoms with Crippen LogP contribution in [0.3, 0.4) is 0 Å². The Kier molecular flexibility index (Phi) is 6.58. The summed E-state index contributed by atoms with van der Waals surface area (Å²) in [5.74, 6) is 1.25. The largest absolute Gasteiger partial charge is 0.468 e. The van der Waals surface area contributed by atoms with Crippen LogP contribution in [0.5, 0.6) is 0 Å². The van der Waals surface area contributed by atoms with Crippen molar-refractivity contribution in [2.75, 3.05) is 30.9 Å². The van der Waals surface area contributed by atoms with Crippen molar-refractivity contribution >= 4 is 50.1 Å². The Labute approximate surface area is 190 Å². The molecule has 3 heterocycles. The summed E-state index contributed by atoms with van der Waals surface area (Å²) >= 11 is 1.48. The summed E-state index contributed by atoms with van der Waals surface area (Å²) in [4.78, 5) is 27.9. The molecule has 4 aromatic rings. The van der Waals surface area contributed by atoms with Gasteiger partial charge in [0.15, 0.2) is 5.13 Å². The van der Waals surface area contributed by atoms with E-state index in [1.165, 1.54) is 24.0 Å². The molecule has 0 atom stereocenters. The Morgan fingerprint density at radius 2 is 1.91 bits per heavy atom. The number of ether oxygens (including phenoxy) is 1. The topological polar surface area (TPSA) is 92.3 Å². The fraction of sp³-hybridized carbons (Fsp3) is 0.217. The van der Waals surface area contributed by atoms with Gasteiger partial charge in [-0.05, 0) is 42.8 Å². The van der Waals surface area contributed by atoms with Crippen molar-refractivity contribution in [1.29, 1.82) is 0 Å². The van der Waals surface area contributed by atoms with Gasteiger partial charge in [0.1, 0.15) is 22.0 Å². The molecule has 0 spiro atoms. The highest BCUT2D eigenvalue weighted by Crippen LogP contribution is 2.30. The van der Waals surface area contributed by atoms with Crippen molar-refractivity contribution < 1.29 is 9.53 Å². The number of rotatable bonds is 8. The first-order valence-electron chi connectivity index (χ1n) is 10.1. The highest BCUT2D eigenvalue weighted by Gasteiger charge is 2.11. The highest BCUT2D eigenvalue weighted by atomic mass is 32.1. The normalized spacial score (nSPS) is 10.8. The number of carbonyl (C=O) groups excluding carboxylic acids is 1. The second-order valence-corrected chi connectivity index (χ2v) is 8.24. The zero-order valence-electron chi connectivity index (χ0n) is 18.1. The molecular weight excluding hydrogens is 424 g/mol. The number of pyridine rings is 2. The molecule has 0 aliphatic heterocycles. The maximum atomic E-state index is 11.2. The standard InChI is InChI=1S/C23H24N6O2S/c1-15-4-7-17(8-5-15)29(2)20-11-9-18-22(28-20)32-23(26-18)27-19-10-6-16(13-25-19)12-24-14-21(30)31-3/h4-11,13,24H,12,14H2,1-3H3,(H,25,26,27). The molecule has 0 radical (unpaired) electrons. The minimum absolute atomic E-state index is 0.163. The maximum absolute atomic E-state index is 11.2. The molecule has 2 N–H and O–H groups in total. The van der Waals surface area contributed by atoms with E-state index in [2.05, 4.69) is 61.4 Å². The molecule has 9 heteroatoms. The lowest BCUT2D eigenvalue weighted by molar-refractivity contribution is -0.139. The van der Waals surface area contributed by atoms with Crippen molar-refractivity contribution in [3.63, 3.8) is 0 Å². The molecule has 4 rings (SSSR count). The van der Waals surface area contributed by atoms with Crippen molar-refractivity contribution in [3.05, 3.63) is 65.9 Å². The van der Waals surface area contributed by atoms with Gasteiger partial charge in [-0.3, -0.25) is 4.79 Å². The smallest absolute Gasteiger partial charge is 0.319 e. The van der Waals surface area contributed by atoms with E-state index in [9.17, 15) is 4.79 Å². The van der Waals surface area contributed by atoms with E-state index in [-0.39, 0.29) is 12.5 Å². The van der Waals surface area contributed by atoms with Crippen molar-refractivity contribution in [2.24, 2.45) is 0 Å². The van der Waals surface area contributed by atoms with Crippen molar-refractivity contribution in [3.8, 4) is 0 Å². The van der Waals surface area contributed by atoms with E-state index in [1.54, 1.807) is 6.20 Å². The van der Waals surface area contributed by atoms with Crippen LogP contribution in [0.4, 0.5) is 22.5 Å². The van der Waals surface area contributed by atoms with Crippen molar-refractivity contribution in [1.82, 2.24) is 20.3 Å². The average Bonchev–Trinajstić information content (AvgIpc) is 3.21. The first kappa shape index (κ1) is 21.7. The molecule has 8 nitrogen and oxygen atoms in total. The fourth-order valence-electron chi connectivity index (χ4n) is 3.04. The minimum Gasteiger partial charge on any atom is -0.468 e. The molecule has 0 saturated carbocycles.